The summed E-state index contributed by atoms with van der Waals surface area (Å²) in [5.74, 6) is 7.96. The molecule has 0 aliphatic carbocycles. The summed E-state index contributed by atoms with van der Waals surface area (Å²) in [6.07, 6.45) is 5.01. The zero-order valence-electron chi connectivity index (χ0n) is 13.4. The minimum atomic E-state index is -0.260. The highest BCUT2D eigenvalue weighted by Gasteiger charge is 2.40. The molecule has 0 fully saturated rings. The lowest BCUT2D eigenvalue weighted by molar-refractivity contribution is -0.802. The highest BCUT2D eigenvalue weighted by molar-refractivity contribution is 6.32. The zero-order valence-corrected chi connectivity index (χ0v) is 13.4. The average Bonchev–Trinajstić information content (AvgIpc) is 3.21. The number of nitrogens with two attached hydrogens (primary N) is 1. The fraction of sp³-hybridized carbons (Fsp3) is 0.118. The summed E-state index contributed by atoms with van der Waals surface area (Å²) in [5, 5.41) is 4.46. The molecule has 2 aliphatic heterocycles. The SMILES string of the molecule is CN(C)c1ccc(C2=C[N+]3(N)N=C(c4ccco4)N=C3C=N2)cc1. The van der Waals surface area contributed by atoms with Gasteiger partial charge in [0, 0.05) is 25.3 Å². The molecule has 1 aromatic carbocycles. The van der Waals surface area contributed by atoms with Crippen molar-refractivity contribution < 1.29 is 9.12 Å². The van der Waals surface area contributed by atoms with E-state index in [0.29, 0.717) is 17.4 Å². The molecule has 7 heteroatoms. The van der Waals surface area contributed by atoms with Crippen LogP contribution in [0.4, 0.5) is 5.69 Å². The summed E-state index contributed by atoms with van der Waals surface area (Å²) in [5.41, 5.74) is 2.85. The molecule has 0 saturated heterocycles. The van der Waals surface area contributed by atoms with Crippen LogP contribution in [0.25, 0.3) is 5.70 Å². The van der Waals surface area contributed by atoms with E-state index in [2.05, 4.69) is 15.1 Å². The average molecular weight is 321 g/mol. The van der Waals surface area contributed by atoms with E-state index in [0.717, 1.165) is 16.9 Å². The van der Waals surface area contributed by atoms with Gasteiger partial charge in [-0.2, -0.15) is 4.99 Å². The van der Waals surface area contributed by atoms with Crippen LogP contribution in [-0.2, 0) is 0 Å². The van der Waals surface area contributed by atoms with Crippen LogP contribution in [0.15, 0.2) is 68.4 Å². The number of anilines is 1. The molecule has 1 aromatic heterocycles. The van der Waals surface area contributed by atoms with E-state index in [9.17, 15) is 0 Å². The summed E-state index contributed by atoms with van der Waals surface area (Å²) < 4.78 is 5.08. The Balaban J connectivity index is 1.69. The van der Waals surface area contributed by atoms with Crippen LogP contribution < -0.4 is 10.7 Å². The third-order valence-electron chi connectivity index (χ3n) is 3.91. The highest BCUT2D eigenvalue weighted by Crippen LogP contribution is 2.27. The predicted octanol–water partition coefficient (Wildman–Crippen LogP) is 2.19. The number of benzene rings is 1. The van der Waals surface area contributed by atoms with Crippen LogP contribution >= 0.6 is 0 Å². The number of furan rings is 1. The first-order valence-electron chi connectivity index (χ1n) is 7.50. The van der Waals surface area contributed by atoms with Crippen molar-refractivity contribution in [1.29, 1.82) is 0 Å². The number of rotatable bonds is 3. The fourth-order valence-electron chi connectivity index (χ4n) is 2.57. The van der Waals surface area contributed by atoms with E-state index < -0.39 is 0 Å². The van der Waals surface area contributed by atoms with Gasteiger partial charge in [0.05, 0.1) is 6.26 Å². The van der Waals surface area contributed by atoms with Crippen molar-refractivity contribution in [3.05, 3.63) is 60.2 Å². The number of nitrogens with zero attached hydrogens (tertiary/aromatic N) is 5. The lowest BCUT2D eigenvalue weighted by atomic mass is 10.1. The number of fused-ring (bicyclic) bond motifs is 1. The van der Waals surface area contributed by atoms with E-state index in [1.54, 1.807) is 30.8 Å². The Morgan fingerprint density at radius 1 is 1.12 bits per heavy atom. The molecule has 24 heavy (non-hydrogen) atoms. The molecule has 0 amide bonds. The number of hydrogen-bond acceptors (Lipinski definition) is 6. The Labute approximate surface area is 139 Å². The summed E-state index contributed by atoms with van der Waals surface area (Å²) in [4.78, 5) is 10.9. The molecule has 2 N–H and O–H groups in total. The Morgan fingerprint density at radius 3 is 2.58 bits per heavy atom. The van der Waals surface area contributed by atoms with Crippen LogP contribution in [-0.4, -0.2) is 36.7 Å². The van der Waals surface area contributed by atoms with E-state index in [-0.39, 0.29) is 4.70 Å². The lowest BCUT2D eigenvalue weighted by Crippen LogP contribution is -2.50. The maximum absolute atomic E-state index is 6.37. The molecule has 7 nitrogen and oxygen atoms in total. The topological polar surface area (TPSA) is 79.5 Å². The third-order valence-corrected chi connectivity index (χ3v) is 3.91. The van der Waals surface area contributed by atoms with Crippen LogP contribution in [0.1, 0.15) is 11.3 Å². The first-order chi connectivity index (χ1) is 11.5. The minimum Gasteiger partial charge on any atom is -0.461 e. The first-order valence-corrected chi connectivity index (χ1v) is 7.50. The van der Waals surface area contributed by atoms with Gasteiger partial charge in [-0.05, 0) is 34.1 Å². The number of amidine groups is 2. The molecule has 0 spiro atoms. The lowest BCUT2D eigenvalue weighted by Gasteiger charge is -2.20. The minimum absolute atomic E-state index is 0.260. The van der Waals surface area contributed by atoms with Crippen molar-refractivity contribution in [2.75, 3.05) is 19.0 Å². The normalized spacial score (nSPS) is 21.9. The number of aliphatic imine (C=N–C) groups is 2. The molecule has 1 unspecified atom stereocenters. The molecule has 2 aromatic rings. The molecule has 0 saturated carbocycles. The Hall–Kier alpha value is -3.03. The van der Waals surface area contributed by atoms with E-state index in [1.807, 2.05) is 43.3 Å². The van der Waals surface area contributed by atoms with Crippen molar-refractivity contribution in [2.45, 2.75) is 0 Å². The first kappa shape index (κ1) is 14.6. The van der Waals surface area contributed by atoms with Crippen LogP contribution in [0.3, 0.4) is 0 Å². The van der Waals surface area contributed by atoms with Crippen molar-refractivity contribution in [3.63, 3.8) is 0 Å². The Kier molecular flexibility index (Phi) is 3.19. The number of hydrogen-bond donors (Lipinski definition) is 1. The van der Waals surface area contributed by atoms with Gasteiger partial charge < -0.3 is 9.32 Å². The van der Waals surface area contributed by atoms with Gasteiger partial charge in [0.2, 0.25) is 0 Å². The predicted molar refractivity (Wildman–Crippen MR) is 94.4 cm³/mol. The van der Waals surface area contributed by atoms with Gasteiger partial charge in [-0.3, -0.25) is 0 Å². The molecule has 2 aliphatic rings. The summed E-state index contributed by atoms with van der Waals surface area (Å²) in [7, 11) is 4.01. The summed E-state index contributed by atoms with van der Waals surface area (Å²) >= 11 is 0. The zero-order chi connectivity index (χ0) is 16.7. The van der Waals surface area contributed by atoms with Crippen LogP contribution in [0.5, 0.6) is 0 Å². The summed E-state index contributed by atoms with van der Waals surface area (Å²) in [6, 6.07) is 11.7. The van der Waals surface area contributed by atoms with Gasteiger partial charge in [0.25, 0.3) is 11.7 Å². The molecular formula is C17H17N6O+. The van der Waals surface area contributed by atoms with Crippen LogP contribution in [0, 0.1) is 0 Å². The largest absolute Gasteiger partial charge is 0.461 e. The third kappa shape index (κ3) is 2.36. The van der Waals surface area contributed by atoms with Crippen molar-refractivity contribution in [3.8, 4) is 0 Å². The monoisotopic (exact) mass is 321 g/mol. The smallest absolute Gasteiger partial charge is 0.300 e. The van der Waals surface area contributed by atoms with Crippen molar-refractivity contribution in [2.24, 2.45) is 20.9 Å². The maximum atomic E-state index is 6.37. The van der Waals surface area contributed by atoms with Gasteiger partial charge >= 0.3 is 0 Å². The van der Waals surface area contributed by atoms with Gasteiger partial charge in [0.1, 0.15) is 11.9 Å². The molecule has 120 valence electrons. The molecule has 4 rings (SSSR count). The molecule has 0 bridgehead atoms. The van der Waals surface area contributed by atoms with E-state index in [1.165, 1.54) is 0 Å². The van der Waals surface area contributed by atoms with Gasteiger partial charge in [0.15, 0.2) is 12.0 Å². The number of quaternary nitrogens is 1. The second kappa shape index (κ2) is 5.26. The van der Waals surface area contributed by atoms with E-state index in [4.69, 9.17) is 10.3 Å². The van der Waals surface area contributed by atoms with Gasteiger partial charge in [-0.25, -0.2) is 4.99 Å². The highest BCUT2D eigenvalue weighted by atomic mass is 16.3. The molecule has 1 atom stereocenters. The second-order valence-electron chi connectivity index (χ2n) is 5.82. The van der Waals surface area contributed by atoms with Crippen molar-refractivity contribution in [1.82, 2.24) is 0 Å². The molecular weight excluding hydrogens is 304 g/mol. The maximum Gasteiger partial charge on any atom is 0.300 e. The Morgan fingerprint density at radius 2 is 1.92 bits per heavy atom. The fourth-order valence-corrected chi connectivity index (χ4v) is 2.57. The standard InChI is InChI=1S/C17H17N6O/c1-22(2)13-7-5-12(6-8-13)14-11-23(18)16(10-19-14)20-17(21-23)15-4-3-9-24-15/h3-11H,18H2,1-2H3/q+1. The quantitative estimate of drug-likeness (QED) is 0.695. The van der Waals surface area contributed by atoms with E-state index >= 15 is 0 Å². The second-order valence-corrected chi connectivity index (χ2v) is 5.82. The van der Waals surface area contributed by atoms with Crippen molar-refractivity contribution >= 4 is 29.3 Å². The summed E-state index contributed by atoms with van der Waals surface area (Å²) in [6.45, 7) is 0. The molecule has 3 heterocycles. The molecule has 0 radical (unpaired) electrons. The van der Waals surface area contributed by atoms with Gasteiger partial charge in [-0.1, -0.05) is 12.1 Å². The van der Waals surface area contributed by atoms with Gasteiger partial charge in [-0.15, -0.1) is 5.84 Å². The Bertz CT molecular complexity index is 890. The van der Waals surface area contributed by atoms with Crippen LogP contribution in [0.2, 0.25) is 0 Å².